The van der Waals surface area contributed by atoms with Crippen molar-refractivity contribution in [3.8, 4) is 11.1 Å². The van der Waals surface area contributed by atoms with Crippen LogP contribution in [0.2, 0.25) is 0 Å². The molecule has 0 radical (unpaired) electrons. The van der Waals surface area contributed by atoms with Crippen LogP contribution < -0.4 is 5.32 Å². The lowest BCUT2D eigenvalue weighted by atomic mass is 9.91. The number of benzene rings is 4. The van der Waals surface area contributed by atoms with E-state index in [9.17, 15) is 19.8 Å². The first-order valence-corrected chi connectivity index (χ1v) is 16.7. The van der Waals surface area contributed by atoms with Crippen molar-refractivity contribution < 1.29 is 29.3 Å². The lowest BCUT2D eigenvalue weighted by Gasteiger charge is -2.41. The van der Waals surface area contributed by atoms with Crippen molar-refractivity contribution in [2.45, 2.75) is 43.5 Å². The van der Waals surface area contributed by atoms with E-state index in [0.717, 1.165) is 33.4 Å². The summed E-state index contributed by atoms with van der Waals surface area (Å²) in [7, 11) is 0. The molecule has 0 spiro atoms. The number of aliphatic hydroxyl groups is 1. The van der Waals surface area contributed by atoms with Gasteiger partial charge < -0.3 is 25.0 Å². The number of nitrogens with one attached hydrogen (secondary N) is 1. The highest BCUT2D eigenvalue weighted by Crippen LogP contribution is 2.43. The van der Waals surface area contributed by atoms with Crippen molar-refractivity contribution >= 4 is 23.6 Å². The quantitative estimate of drug-likeness (QED) is 0.125. The van der Waals surface area contributed by atoms with Crippen LogP contribution >= 0.6 is 11.8 Å². The van der Waals surface area contributed by atoms with Gasteiger partial charge in [0.15, 0.2) is 6.29 Å². The molecule has 1 saturated heterocycles. The van der Waals surface area contributed by atoms with Crippen molar-refractivity contribution in [2.24, 2.45) is 5.92 Å². The van der Waals surface area contributed by atoms with Crippen LogP contribution in [0.3, 0.4) is 0 Å². The lowest BCUT2D eigenvalue weighted by molar-refractivity contribution is -0.268. The molecule has 0 aliphatic carbocycles. The van der Waals surface area contributed by atoms with Gasteiger partial charge in [0, 0.05) is 41.1 Å². The van der Waals surface area contributed by atoms with E-state index in [0.29, 0.717) is 22.8 Å². The predicted molar refractivity (Wildman–Crippen MR) is 184 cm³/mol. The van der Waals surface area contributed by atoms with Crippen LogP contribution in [0.4, 0.5) is 0 Å². The first-order chi connectivity index (χ1) is 23.4. The molecule has 1 amide bonds. The molecule has 1 aliphatic heterocycles. The molecule has 8 nitrogen and oxygen atoms in total. The van der Waals surface area contributed by atoms with E-state index in [4.69, 9.17) is 9.47 Å². The van der Waals surface area contributed by atoms with Gasteiger partial charge in [-0.15, -0.1) is 11.8 Å². The molecule has 0 bridgehead atoms. The predicted octanol–water partition coefficient (Wildman–Crippen LogP) is 7.45. The Morgan fingerprint density at radius 3 is 2.33 bits per heavy atom. The lowest BCUT2D eigenvalue weighted by Crippen LogP contribution is -2.38. The van der Waals surface area contributed by atoms with Crippen LogP contribution in [0.1, 0.15) is 62.3 Å². The van der Waals surface area contributed by atoms with Crippen LogP contribution in [0.15, 0.2) is 126 Å². The molecule has 4 atom stereocenters. The normalized spacial score (nSPS) is 19.0. The number of aromatic nitrogens is 1. The summed E-state index contributed by atoms with van der Waals surface area (Å²) in [6.45, 7) is 2.44. The summed E-state index contributed by atoms with van der Waals surface area (Å²) in [5, 5.41) is 22.2. The van der Waals surface area contributed by atoms with Crippen molar-refractivity contribution in [1.29, 1.82) is 0 Å². The second-order valence-electron chi connectivity index (χ2n) is 11.7. The molecule has 9 heteroatoms. The number of hydrogen-bond acceptors (Lipinski definition) is 7. The number of nitrogens with zero attached hydrogens (tertiary/aromatic N) is 1. The largest absolute Gasteiger partial charge is 0.478 e. The van der Waals surface area contributed by atoms with Gasteiger partial charge in [0.1, 0.15) is 0 Å². The van der Waals surface area contributed by atoms with E-state index >= 15 is 0 Å². The maximum atomic E-state index is 12.5. The molecule has 1 fully saturated rings. The zero-order valence-electron chi connectivity index (χ0n) is 26.4. The van der Waals surface area contributed by atoms with E-state index in [1.807, 2.05) is 78.9 Å². The van der Waals surface area contributed by atoms with E-state index in [1.165, 1.54) is 11.8 Å². The minimum absolute atomic E-state index is 0.0358. The number of amides is 1. The van der Waals surface area contributed by atoms with Crippen LogP contribution in [0.5, 0.6) is 0 Å². The number of thioether (sulfide) groups is 1. The van der Waals surface area contributed by atoms with Gasteiger partial charge in [-0.2, -0.15) is 0 Å². The summed E-state index contributed by atoms with van der Waals surface area (Å²) in [6, 6.07) is 34.3. The molecule has 1 aliphatic rings. The molecule has 0 unspecified atom stereocenters. The second kappa shape index (κ2) is 15.4. The number of carbonyl (C=O) groups is 2. The Balaban J connectivity index is 1.19. The highest BCUT2D eigenvalue weighted by Gasteiger charge is 2.38. The van der Waals surface area contributed by atoms with Crippen molar-refractivity contribution in [1.82, 2.24) is 10.3 Å². The summed E-state index contributed by atoms with van der Waals surface area (Å²) < 4.78 is 13.2. The van der Waals surface area contributed by atoms with Gasteiger partial charge in [-0.05, 0) is 58.1 Å². The van der Waals surface area contributed by atoms with Gasteiger partial charge in [-0.3, -0.25) is 9.78 Å². The average Bonchev–Trinajstić information content (AvgIpc) is 3.14. The summed E-state index contributed by atoms with van der Waals surface area (Å²) in [5.74, 6) is -0.631. The third-order valence-corrected chi connectivity index (χ3v) is 9.63. The minimum Gasteiger partial charge on any atom is -0.478 e. The SMILES string of the molecule is C[C@H]1[C@@H](CSc2ccccc2C(=O)O)O[C@@H](c2ccc(-c3cccc(CNC(=O)c4cccnc4)c3)cc2)O[C@H]1c1ccc(CO)cc1. The molecule has 0 saturated carbocycles. The molecule has 5 aromatic rings. The van der Waals surface area contributed by atoms with Gasteiger partial charge in [0.25, 0.3) is 5.91 Å². The summed E-state index contributed by atoms with van der Waals surface area (Å²) in [5.41, 5.74) is 6.46. The van der Waals surface area contributed by atoms with Crippen LogP contribution in [0, 0.1) is 5.92 Å². The molecule has 6 rings (SSSR count). The van der Waals surface area contributed by atoms with Crippen molar-refractivity contribution in [3.63, 3.8) is 0 Å². The first-order valence-electron chi connectivity index (χ1n) is 15.7. The molecule has 1 aromatic heterocycles. The number of hydrogen-bond donors (Lipinski definition) is 3. The molecular weight excluding hydrogens is 625 g/mol. The topological polar surface area (TPSA) is 118 Å². The fourth-order valence-electron chi connectivity index (χ4n) is 5.73. The molecule has 244 valence electrons. The Hall–Kier alpha value is -4.80. The molecular formula is C39H36N2O6S. The number of ether oxygens (including phenoxy) is 2. The number of carboxylic acids is 1. The van der Waals surface area contributed by atoms with Crippen LogP contribution in [-0.4, -0.2) is 38.9 Å². The second-order valence-corrected chi connectivity index (χ2v) is 12.7. The smallest absolute Gasteiger partial charge is 0.336 e. The number of aliphatic hydroxyl groups excluding tert-OH is 1. The number of carboxylic acid groups (broad SMARTS) is 1. The van der Waals surface area contributed by atoms with E-state index in [-0.39, 0.29) is 36.2 Å². The highest BCUT2D eigenvalue weighted by atomic mass is 32.2. The van der Waals surface area contributed by atoms with E-state index in [1.54, 1.807) is 36.7 Å². The highest BCUT2D eigenvalue weighted by molar-refractivity contribution is 7.99. The zero-order valence-corrected chi connectivity index (χ0v) is 27.2. The minimum atomic E-state index is -0.959. The maximum absolute atomic E-state index is 12.5. The molecule has 4 aromatic carbocycles. The van der Waals surface area contributed by atoms with Crippen molar-refractivity contribution in [3.05, 3.63) is 155 Å². The zero-order chi connectivity index (χ0) is 33.5. The first kappa shape index (κ1) is 33.1. The average molecular weight is 661 g/mol. The summed E-state index contributed by atoms with van der Waals surface area (Å²) >= 11 is 1.47. The summed E-state index contributed by atoms with van der Waals surface area (Å²) in [6.07, 6.45) is 2.01. The number of rotatable bonds is 11. The fourth-order valence-corrected chi connectivity index (χ4v) is 6.94. The standard InChI is InChI=1S/C39H36N2O6S/c1-25-34(24-48-35-10-3-2-9-33(35)38(44)45)46-39(47-36(25)29-13-11-26(23-42)12-14-29)30-17-15-28(16-18-30)31-7-4-6-27(20-31)21-41-37(43)32-8-5-19-40-22-32/h2-20,22,25,34,36,39,42H,21,23-24H2,1H3,(H,41,43)(H,44,45)/t25-,34+,36+,39+/m0/s1. The Morgan fingerprint density at radius 2 is 1.60 bits per heavy atom. The number of aromatic carboxylic acids is 1. The fraction of sp³-hybridized carbons (Fsp3) is 0.205. The molecule has 2 heterocycles. The third kappa shape index (κ3) is 7.83. The Labute approximate surface area is 283 Å². The van der Waals surface area contributed by atoms with Gasteiger partial charge >= 0.3 is 5.97 Å². The van der Waals surface area contributed by atoms with Crippen molar-refractivity contribution in [2.75, 3.05) is 5.75 Å². The Kier molecular flexibility index (Phi) is 10.6. The maximum Gasteiger partial charge on any atom is 0.336 e. The van der Waals surface area contributed by atoms with Crippen LogP contribution in [-0.2, 0) is 22.6 Å². The summed E-state index contributed by atoms with van der Waals surface area (Å²) in [4.78, 5) is 29.0. The van der Waals surface area contributed by atoms with Gasteiger partial charge in [-0.25, -0.2) is 4.79 Å². The van der Waals surface area contributed by atoms with E-state index in [2.05, 4.69) is 23.3 Å². The Bertz CT molecular complexity index is 1850. The van der Waals surface area contributed by atoms with Gasteiger partial charge in [0.05, 0.1) is 29.9 Å². The third-order valence-electron chi connectivity index (χ3n) is 8.46. The Morgan fingerprint density at radius 1 is 0.833 bits per heavy atom. The number of carbonyl (C=O) groups excluding carboxylic acids is 1. The van der Waals surface area contributed by atoms with Gasteiger partial charge in [0.2, 0.25) is 0 Å². The molecule has 3 N–H and O–H groups in total. The monoisotopic (exact) mass is 660 g/mol. The van der Waals surface area contributed by atoms with E-state index < -0.39 is 12.3 Å². The van der Waals surface area contributed by atoms with Gasteiger partial charge in [-0.1, -0.05) is 85.8 Å². The van der Waals surface area contributed by atoms with Crippen LogP contribution in [0.25, 0.3) is 11.1 Å². The number of pyridine rings is 1. The molecule has 48 heavy (non-hydrogen) atoms.